The lowest BCUT2D eigenvalue weighted by Crippen LogP contribution is -2.42. The first-order chi connectivity index (χ1) is 13.5. The summed E-state index contributed by atoms with van der Waals surface area (Å²) >= 11 is 5.94. The molecular weight excluding hydrogens is 384 g/mol. The number of nitrogens with one attached hydrogen (secondary N) is 1. The molecule has 1 aliphatic heterocycles. The minimum absolute atomic E-state index is 0.120. The van der Waals surface area contributed by atoms with Crippen LogP contribution in [-0.4, -0.2) is 59.4 Å². The van der Waals surface area contributed by atoms with Gasteiger partial charge in [-0.2, -0.15) is 5.10 Å². The second-order valence-corrected chi connectivity index (χ2v) is 6.88. The quantitative estimate of drug-likeness (QED) is 0.740. The number of esters is 1. The third-order valence-electron chi connectivity index (χ3n) is 4.45. The molecule has 0 aliphatic carbocycles. The number of aryl methyl sites for hydroxylation is 1. The van der Waals surface area contributed by atoms with Crippen molar-refractivity contribution < 1.29 is 19.1 Å². The smallest absolute Gasteiger partial charge is 0.343 e. The van der Waals surface area contributed by atoms with Crippen molar-refractivity contribution in [1.29, 1.82) is 0 Å². The van der Waals surface area contributed by atoms with E-state index in [4.69, 9.17) is 21.1 Å². The van der Waals surface area contributed by atoms with Crippen LogP contribution in [0.4, 0.5) is 5.82 Å². The average molecular weight is 407 g/mol. The summed E-state index contributed by atoms with van der Waals surface area (Å²) in [5.74, 6) is -0.419. The number of hydrogen-bond donors (Lipinski definition) is 1. The Labute approximate surface area is 168 Å². The van der Waals surface area contributed by atoms with Gasteiger partial charge in [-0.1, -0.05) is 23.7 Å². The van der Waals surface area contributed by atoms with E-state index >= 15 is 0 Å². The van der Waals surface area contributed by atoms with Crippen LogP contribution in [0.15, 0.2) is 30.5 Å². The predicted octanol–water partition coefficient (Wildman–Crippen LogP) is 2.26. The fraction of sp³-hybridized carbons (Fsp3) is 0.421. The molecule has 3 rings (SSSR count). The maximum absolute atomic E-state index is 12.5. The van der Waals surface area contributed by atoms with E-state index in [0.29, 0.717) is 30.5 Å². The van der Waals surface area contributed by atoms with Gasteiger partial charge in [0.1, 0.15) is 11.4 Å². The van der Waals surface area contributed by atoms with Crippen LogP contribution >= 0.6 is 11.6 Å². The van der Waals surface area contributed by atoms with Crippen molar-refractivity contribution in [2.75, 3.05) is 38.2 Å². The molecular formula is C19H23ClN4O4. The normalized spacial score (nSPS) is 17.3. The molecule has 150 valence electrons. The van der Waals surface area contributed by atoms with Gasteiger partial charge in [-0.25, -0.2) is 4.79 Å². The highest BCUT2D eigenvalue weighted by Gasteiger charge is 2.25. The van der Waals surface area contributed by atoms with Gasteiger partial charge in [0.15, 0.2) is 0 Å². The van der Waals surface area contributed by atoms with Crippen LogP contribution in [0.3, 0.4) is 0 Å². The van der Waals surface area contributed by atoms with Gasteiger partial charge in [0.2, 0.25) is 5.91 Å². The highest BCUT2D eigenvalue weighted by atomic mass is 35.5. The van der Waals surface area contributed by atoms with Crippen molar-refractivity contribution in [3.05, 3.63) is 46.6 Å². The molecule has 2 heterocycles. The average Bonchev–Trinajstić information content (AvgIpc) is 3.03. The molecule has 1 atom stereocenters. The van der Waals surface area contributed by atoms with E-state index in [1.807, 2.05) is 29.2 Å². The Morgan fingerprint density at radius 2 is 2.11 bits per heavy atom. The lowest BCUT2D eigenvalue weighted by Gasteiger charge is -2.32. The lowest BCUT2D eigenvalue weighted by molar-refractivity contribution is -0.119. The lowest BCUT2D eigenvalue weighted by atomic mass is 10.1. The number of morpholine rings is 1. The molecule has 1 amide bonds. The summed E-state index contributed by atoms with van der Waals surface area (Å²) in [5, 5.41) is 7.47. The number of benzene rings is 1. The van der Waals surface area contributed by atoms with E-state index in [2.05, 4.69) is 10.4 Å². The summed E-state index contributed by atoms with van der Waals surface area (Å²) in [6.07, 6.45) is 1.27. The van der Waals surface area contributed by atoms with Crippen molar-refractivity contribution in [3.63, 3.8) is 0 Å². The van der Waals surface area contributed by atoms with Crippen molar-refractivity contribution in [3.8, 4) is 0 Å². The second-order valence-electron chi connectivity index (χ2n) is 6.45. The van der Waals surface area contributed by atoms with Gasteiger partial charge in [-0.3, -0.25) is 14.4 Å². The summed E-state index contributed by atoms with van der Waals surface area (Å²) in [4.78, 5) is 26.6. The van der Waals surface area contributed by atoms with E-state index in [-0.39, 0.29) is 30.7 Å². The highest BCUT2D eigenvalue weighted by Crippen LogP contribution is 2.24. The molecule has 0 bridgehead atoms. The first kappa shape index (κ1) is 20.3. The maximum atomic E-state index is 12.5. The fourth-order valence-corrected chi connectivity index (χ4v) is 3.17. The SMILES string of the molecule is CCOC(=O)c1cnn(C)c1NC(=O)CN1CCOC(c2ccc(Cl)cc2)C1. The molecule has 1 aromatic heterocycles. The first-order valence-corrected chi connectivity index (χ1v) is 9.44. The molecule has 1 unspecified atom stereocenters. The van der Waals surface area contributed by atoms with Crippen LogP contribution in [-0.2, 0) is 21.3 Å². The van der Waals surface area contributed by atoms with Gasteiger partial charge in [0.25, 0.3) is 0 Å². The molecule has 0 spiro atoms. The number of hydrogen-bond acceptors (Lipinski definition) is 6. The molecule has 2 aromatic rings. The molecule has 0 radical (unpaired) electrons. The zero-order chi connectivity index (χ0) is 20.1. The van der Waals surface area contributed by atoms with Crippen LogP contribution < -0.4 is 5.32 Å². The van der Waals surface area contributed by atoms with Gasteiger partial charge in [-0.05, 0) is 24.6 Å². The first-order valence-electron chi connectivity index (χ1n) is 9.06. The minimum atomic E-state index is -0.514. The van der Waals surface area contributed by atoms with Gasteiger partial charge in [0, 0.05) is 25.2 Å². The van der Waals surface area contributed by atoms with Crippen molar-refractivity contribution in [2.45, 2.75) is 13.0 Å². The van der Waals surface area contributed by atoms with Crippen molar-refractivity contribution >= 4 is 29.3 Å². The Morgan fingerprint density at radius 1 is 1.36 bits per heavy atom. The number of carbonyl (C=O) groups excluding carboxylic acids is 2. The number of aromatic nitrogens is 2. The molecule has 1 saturated heterocycles. The number of anilines is 1. The van der Waals surface area contributed by atoms with Gasteiger partial charge < -0.3 is 14.8 Å². The second kappa shape index (κ2) is 9.18. The summed E-state index contributed by atoms with van der Waals surface area (Å²) < 4.78 is 12.3. The predicted molar refractivity (Wildman–Crippen MR) is 104 cm³/mol. The molecule has 28 heavy (non-hydrogen) atoms. The van der Waals surface area contributed by atoms with Crippen molar-refractivity contribution in [2.24, 2.45) is 7.05 Å². The van der Waals surface area contributed by atoms with Gasteiger partial charge in [-0.15, -0.1) is 0 Å². The number of nitrogens with zero attached hydrogens (tertiary/aromatic N) is 3. The maximum Gasteiger partial charge on any atom is 0.343 e. The van der Waals surface area contributed by atoms with Gasteiger partial charge in [0.05, 0.1) is 32.1 Å². The largest absolute Gasteiger partial charge is 0.462 e. The fourth-order valence-electron chi connectivity index (χ4n) is 3.04. The van der Waals surface area contributed by atoms with Crippen LogP contribution in [0.2, 0.25) is 5.02 Å². The summed E-state index contributed by atoms with van der Waals surface area (Å²) in [6.45, 7) is 3.92. The zero-order valence-corrected chi connectivity index (χ0v) is 16.6. The Balaban J connectivity index is 1.61. The third kappa shape index (κ3) is 4.89. The molecule has 1 aromatic carbocycles. The Morgan fingerprint density at radius 3 is 2.82 bits per heavy atom. The van der Waals surface area contributed by atoms with Crippen LogP contribution in [0.5, 0.6) is 0 Å². The Hall–Kier alpha value is -2.42. The van der Waals surface area contributed by atoms with E-state index in [1.54, 1.807) is 14.0 Å². The van der Waals surface area contributed by atoms with E-state index in [1.165, 1.54) is 10.9 Å². The number of amides is 1. The topological polar surface area (TPSA) is 85.7 Å². The Bertz CT molecular complexity index is 837. The highest BCUT2D eigenvalue weighted by molar-refractivity contribution is 6.30. The Kier molecular flexibility index (Phi) is 6.66. The van der Waals surface area contributed by atoms with Crippen LogP contribution in [0.1, 0.15) is 28.9 Å². The van der Waals surface area contributed by atoms with Crippen molar-refractivity contribution in [1.82, 2.24) is 14.7 Å². The van der Waals surface area contributed by atoms with E-state index in [9.17, 15) is 9.59 Å². The van der Waals surface area contributed by atoms with Crippen LogP contribution in [0, 0.1) is 0 Å². The molecule has 1 aliphatic rings. The number of ether oxygens (including phenoxy) is 2. The molecule has 9 heteroatoms. The molecule has 1 fully saturated rings. The summed E-state index contributed by atoms with van der Waals surface area (Å²) in [6, 6.07) is 7.51. The number of carbonyl (C=O) groups is 2. The summed E-state index contributed by atoms with van der Waals surface area (Å²) in [5.41, 5.74) is 1.25. The molecule has 8 nitrogen and oxygen atoms in total. The standard InChI is InChI=1S/C19H23ClN4O4/c1-3-27-19(26)15-10-21-23(2)18(15)22-17(25)12-24-8-9-28-16(11-24)13-4-6-14(20)7-5-13/h4-7,10,16H,3,8-9,11-12H2,1-2H3,(H,22,25). The minimum Gasteiger partial charge on any atom is -0.462 e. The third-order valence-corrected chi connectivity index (χ3v) is 4.70. The van der Waals surface area contributed by atoms with Gasteiger partial charge >= 0.3 is 5.97 Å². The van der Waals surface area contributed by atoms with E-state index in [0.717, 1.165) is 5.56 Å². The summed E-state index contributed by atoms with van der Waals surface area (Å²) in [7, 11) is 1.66. The number of rotatable bonds is 6. The molecule has 0 saturated carbocycles. The zero-order valence-electron chi connectivity index (χ0n) is 15.9. The number of halogens is 1. The molecule has 1 N–H and O–H groups in total. The monoisotopic (exact) mass is 406 g/mol. The van der Waals surface area contributed by atoms with Crippen LogP contribution in [0.25, 0.3) is 0 Å². The van der Waals surface area contributed by atoms with E-state index < -0.39 is 5.97 Å².